The summed E-state index contributed by atoms with van der Waals surface area (Å²) in [6.45, 7) is 6.46. The fourth-order valence-corrected chi connectivity index (χ4v) is 3.56. The van der Waals surface area contributed by atoms with Gasteiger partial charge in [0.2, 0.25) is 0 Å². The van der Waals surface area contributed by atoms with Crippen molar-refractivity contribution in [1.82, 2.24) is 4.90 Å². The average molecular weight is 402 g/mol. The lowest BCUT2D eigenvalue weighted by atomic mass is 10.1. The highest BCUT2D eigenvalue weighted by atomic mass is 35.5. The van der Waals surface area contributed by atoms with Gasteiger partial charge in [0.15, 0.2) is 0 Å². The van der Waals surface area contributed by atoms with E-state index in [2.05, 4.69) is 0 Å². The van der Waals surface area contributed by atoms with Crippen molar-refractivity contribution in [2.75, 3.05) is 19.7 Å². The number of aryl methyl sites for hydroxylation is 1. The molecule has 5 heteroatoms. The van der Waals surface area contributed by atoms with Crippen molar-refractivity contribution in [1.29, 1.82) is 0 Å². The van der Waals surface area contributed by atoms with E-state index >= 15 is 0 Å². The fourth-order valence-electron chi connectivity index (χ4n) is 3.45. The van der Waals surface area contributed by atoms with Crippen molar-refractivity contribution in [2.45, 2.75) is 46.1 Å². The van der Waals surface area contributed by atoms with E-state index < -0.39 is 0 Å². The molecule has 2 aromatic rings. The lowest BCUT2D eigenvalue weighted by Crippen LogP contribution is -2.31. The molecule has 28 heavy (non-hydrogen) atoms. The van der Waals surface area contributed by atoms with Crippen LogP contribution in [0.4, 0.5) is 0 Å². The molecular formula is C23H28ClNO3. The molecule has 2 aromatic carbocycles. The Balaban J connectivity index is 1.78. The number of benzene rings is 2. The van der Waals surface area contributed by atoms with Crippen LogP contribution >= 0.6 is 11.6 Å². The van der Waals surface area contributed by atoms with Gasteiger partial charge in [0.1, 0.15) is 18.1 Å². The Bertz CT molecular complexity index is 813. The molecule has 1 fully saturated rings. The number of likely N-dealkylation sites (tertiary alicyclic amines) is 1. The van der Waals surface area contributed by atoms with Gasteiger partial charge in [0.25, 0.3) is 5.91 Å². The van der Waals surface area contributed by atoms with Crippen LogP contribution in [0.3, 0.4) is 0 Å². The van der Waals surface area contributed by atoms with Crippen LogP contribution in [0.15, 0.2) is 36.4 Å². The Morgan fingerprint density at radius 3 is 2.46 bits per heavy atom. The van der Waals surface area contributed by atoms with Crippen LogP contribution in [0.1, 0.15) is 54.1 Å². The molecule has 0 aliphatic carbocycles. The number of ether oxygens (including phenoxy) is 2. The van der Waals surface area contributed by atoms with E-state index in [0.29, 0.717) is 23.8 Å². The first-order valence-corrected chi connectivity index (χ1v) is 10.4. The van der Waals surface area contributed by atoms with Gasteiger partial charge in [0, 0.05) is 29.2 Å². The zero-order valence-corrected chi connectivity index (χ0v) is 17.4. The highest BCUT2D eigenvalue weighted by Crippen LogP contribution is 2.26. The molecule has 1 aliphatic heterocycles. The van der Waals surface area contributed by atoms with Gasteiger partial charge in [-0.15, -0.1) is 0 Å². The summed E-state index contributed by atoms with van der Waals surface area (Å²) in [7, 11) is 0. The first kappa shape index (κ1) is 20.5. The largest absolute Gasteiger partial charge is 0.493 e. The van der Waals surface area contributed by atoms with Crippen molar-refractivity contribution in [2.24, 2.45) is 0 Å². The van der Waals surface area contributed by atoms with Crippen molar-refractivity contribution in [3.05, 3.63) is 58.1 Å². The molecular weight excluding hydrogens is 374 g/mol. The van der Waals surface area contributed by atoms with E-state index in [-0.39, 0.29) is 5.91 Å². The van der Waals surface area contributed by atoms with Gasteiger partial charge in [-0.2, -0.15) is 0 Å². The van der Waals surface area contributed by atoms with Gasteiger partial charge in [-0.05, 0) is 68.7 Å². The molecule has 1 saturated heterocycles. The lowest BCUT2D eigenvalue weighted by Gasteiger charge is -2.21. The van der Waals surface area contributed by atoms with Crippen LogP contribution in [-0.4, -0.2) is 30.5 Å². The van der Waals surface area contributed by atoms with Crippen molar-refractivity contribution >= 4 is 17.5 Å². The molecule has 3 rings (SSSR count). The van der Waals surface area contributed by atoms with Gasteiger partial charge in [-0.25, -0.2) is 0 Å². The van der Waals surface area contributed by atoms with Crippen LogP contribution in [-0.2, 0) is 6.61 Å². The minimum atomic E-state index is 0.0912. The summed E-state index contributed by atoms with van der Waals surface area (Å²) in [5.41, 5.74) is 2.53. The third-order valence-electron chi connectivity index (χ3n) is 5.02. The van der Waals surface area contributed by atoms with Crippen LogP contribution in [0, 0.1) is 6.92 Å². The molecule has 4 nitrogen and oxygen atoms in total. The maximum absolute atomic E-state index is 13.0. The number of carbonyl (C=O) groups excluding carboxylic acids is 1. The van der Waals surface area contributed by atoms with Crippen molar-refractivity contribution in [3.8, 4) is 11.5 Å². The van der Waals surface area contributed by atoms with Crippen molar-refractivity contribution < 1.29 is 14.3 Å². The van der Waals surface area contributed by atoms with Crippen molar-refractivity contribution in [3.63, 3.8) is 0 Å². The van der Waals surface area contributed by atoms with Gasteiger partial charge in [-0.1, -0.05) is 24.4 Å². The second-order valence-corrected chi connectivity index (χ2v) is 7.57. The Labute approximate surface area is 172 Å². The lowest BCUT2D eigenvalue weighted by molar-refractivity contribution is 0.0761. The molecule has 1 aliphatic rings. The molecule has 0 radical (unpaired) electrons. The minimum absolute atomic E-state index is 0.0912. The molecule has 1 heterocycles. The van der Waals surface area contributed by atoms with E-state index in [4.69, 9.17) is 21.1 Å². The first-order chi connectivity index (χ1) is 13.6. The second kappa shape index (κ2) is 9.83. The number of carbonyl (C=O) groups is 1. The number of hydrogen-bond acceptors (Lipinski definition) is 3. The maximum Gasteiger partial charge on any atom is 0.253 e. The Hall–Kier alpha value is -2.20. The third kappa shape index (κ3) is 5.20. The SMILES string of the molecule is CCOc1ccc(C(=O)N2CCCCCC2)cc1COc1ccc(Cl)c(C)c1. The molecule has 0 bridgehead atoms. The molecule has 0 N–H and O–H groups in total. The molecule has 0 saturated carbocycles. The summed E-state index contributed by atoms with van der Waals surface area (Å²) in [6.07, 6.45) is 4.56. The molecule has 0 unspecified atom stereocenters. The monoisotopic (exact) mass is 401 g/mol. The number of hydrogen-bond donors (Lipinski definition) is 0. The summed E-state index contributed by atoms with van der Waals surface area (Å²) in [5, 5.41) is 0.715. The number of halogens is 1. The quantitative estimate of drug-likeness (QED) is 0.628. The molecule has 1 amide bonds. The van der Waals surface area contributed by atoms with Crippen LogP contribution < -0.4 is 9.47 Å². The number of nitrogens with zero attached hydrogens (tertiary/aromatic N) is 1. The Morgan fingerprint density at radius 1 is 1.04 bits per heavy atom. The normalized spacial score (nSPS) is 14.5. The minimum Gasteiger partial charge on any atom is -0.493 e. The second-order valence-electron chi connectivity index (χ2n) is 7.16. The highest BCUT2D eigenvalue weighted by molar-refractivity contribution is 6.31. The van der Waals surface area contributed by atoms with Gasteiger partial charge < -0.3 is 14.4 Å². The first-order valence-electron chi connectivity index (χ1n) is 10.0. The van der Waals surface area contributed by atoms with E-state index in [9.17, 15) is 4.79 Å². The molecule has 0 atom stereocenters. The number of rotatable bonds is 6. The van der Waals surface area contributed by atoms with E-state index in [1.165, 1.54) is 12.8 Å². The topological polar surface area (TPSA) is 38.8 Å². The predicted molar refractivity (Wildman–Crippen MR) is 113 cm³/mol. The number of amides is 1. The standard InChI is InChI=1S/C23H28ClNO3/c1-3-27-22-11-8-18(23(26)25-12-6-4-5-7-13-25)15-19(22)16-28-20-9-10-21(24)17(2)14-20/h8-11,14-15H,3-7,12-13,16H2,1-2H3. The summed E-state index contributed by atoms with van der Waals surface area (Å²) in [4.78, 5) is 14.9. The van der Waals surface area contributed by atoms with Gasteiger partial charge in [0.05, 0.1) is 6.61 Å². The van der Waals surface area contributed by atoms with Crippen LogP contribution in [0.2, 0.25) is 5.02 Å². The van der Waals surface area contributed by atoms with E-state index in [0.717, 1.165) is 48.6 Å². The zero-order valence-electron chi connectivity index (χ0n) is 16.7. The summed E-state index contributed by atoms with van der Waals surface area (Å²) < 4.78 is 11.7. The summed E-state index contributed by atoms with van der Waals surface area (Å²) in [6, 6.07) is 11.2. The van der Waals surface area contributed by atoms with E-state index in [1.54, 1.807) is 0 Å². The Kier molecular flexibility index (Phi) is 7.21. The fraction of sp³-hybridized carbons (Fsp3) is 0.435. The van der Waals surface area contributed by atoms with Gasteiger partial charge >= 0.3 is 0 Å². The predicted octanol–water partition coefficient (Wildman–Crippen LogP) is 5.64. The summed E-state index contributed by atoms with van der Waals surface area (Å²) in [5.74, 6) is 1.59. The van der Waals surface area contributed by atoms with Crippen LogP contribution in [0.25, 0.3) is 0 Å². The van der Waals surface area contributed by atoms with E-state index in [1.807, 2.05) is 55.1 Å². The zero-order chi connectivity index (χ0) is 19.9. The smallest absolute Gasteiger partial charge is 0.253 e. The third-order valence-corrected chi connectivity index (χ3v) is 5.45. The van der Waals surface area contributed by atoms with Gasteiger partial charge in [-0.3, -0.25) is 4.79 Å². The average Bonchev–Trinajstić information content (AvgIpc) is 2.99. The molecule has 150 valence electrons. The molecule has 0 aromatic heterocycles. The summed E-state index contributed by atoms with van der Waals surface area (Å²) >= 11 is 6.09. The highest BCUT2D eigenvalue weighted by Gasteiger charge is 2.19. The van der Waals surface area contributed by atoms with Crippen LogP contribution in [0.5, 0.6) is 11.5 Å². The maximum atomic E-state index is 13.0. The molecule has 0 spiro atoms. The Morgan fingerprint density at radius 2 is 1.79 bits per heavy atom.